The molecule has 1 heterocycles. The Balaban J connectivity index is 1.61. The largest absolute Gasteiger partial charge is 0.492 e. The first-order valence-corrected chi connectivity index (χ1v) is 20.3. The third kappa shape index (κ3) is 10.3. The van der Waals surface area contributed by atoms with Crippen molar-refractivity contribution < 1.29 is 32.6 Å². The van der Waals surface area contributed by atoms with Gasteiger partial charge < -0.3 is 25.4 Å². The summed E-state index contributed by atoms with van der Waals surface area (Å²) < 4.78 is 37.8. The minimum atomic E-state index is -4.00. The highest BCUT2D eigenvalue weighted by atomic mass is 32.2. The van der Waals surface area contributed by atoms with E-state index in [1.54, 1.807) is 43.3 Å². The number of unbranched alkanes of at least 4 members (excludes halogenated alkanes) is 2. The van der Waals surface area contributed by atoms with Crippen molar-refractivity contribution in [2.24, 2.45) is 0 Å². The van der Waals surface area contributed by atoms with Crippen molar-refractivity contribution in [1.29, 1.82) is 0 Å². The Kier molecular flexibility index (Phi) is 14.4. The number of nitrogens with zero attached hydrogens (tertiary/aromatic N) is 1. The number of nitrogens with one attached hydrogen (secondary N) is 3. The molecule has 11 nitrogen and oxygen atoms in total. The molecule has 4 N–H and O–H groups in total. The topological polar surface area (TPSA) is 154 Å². The molecule has 3 aromatic rings. The highest BCUT2D eigenvalue weighted by molar-refractivity contribution is 7.98. The van der Waals surface area contributed by atoms with Crippen LogP contribution in [-0.4, -0.2) is 62.3 Å². The molecule has 2 amide bonds. The summed E-state index contributed by atoms with van der Waals surface area (Å²) in [4.78, 5) is 40.8. The average molecular weight is 739 g/mol. The van der Waals surface area contributed by atoms with E-state index in [4.69, 9.17) is 4.74 Å². The molecule has 0 unspecified atom stereocenters. The molecule has 0 aromatic heterocycles. The smallest absolute Gasteiger partial charge is 0.326 e. The Bertz CT molecular complexity index is 1730. The predicted molar refractivity (Wildman–Crippen MR) is 201 cm³/mol. The van der Waals surface area contributed by atoms with E-state index >= 15 is 0 Å². The van der Waals surface area contributed by atoms with Crippen molar-refractivity contribution in [3.05, 3.63) is 78.4 Å². The van der Waals surface area contributed by atoms with Crippen LogP contribution in [0.2, 0.25) is 0 Å². The van der Waals surface area contributed by atoms with Gasteiger partial charge >= 0.3 is 5.97 Å². The number of hydrogen-bond donors (Lipinski definition) is 4. The van der Waals surface area contributed by atoms with Crippen LogP contribution in [0.1, 0.15) is 83.7 Å². The van der Waals surface area contributed by atoms with Gasteiger partial charge in [-0.2, -0.15) is 0 Å². The van der Waals surface area contributed by atoms with Crippen molar-refractivity contribution >= 4 is 50.9 Å². The van der Waals surface area contributed by atoms with E-state index in [0.717, 1.165) is 31.4 Å². The van der Waals surface area contributed by atoms with Crippen molar-refractivity contribution in [2.45, 2.75) is 99.6 Å². The quantitative estimate of drug-likeness (QED) is 0.106. The van der Waals surface area contributed by atoms with Crippen molar-refractivity contribution in [1.82, 2.24) is 15.4 Å². The molecule has 3 aromatic carbocycles. The van der Waals surface area contributed by atoms with Gasteiger partial charge in [-0.3, -0.25) is 9.59 Å². The first kappa shape index (κ1) is 39.7. The van der Waals surface area contributed by atoms with Gasteiger partial charge in [-0.1, -0.05) is 95.0 Å². The maximum atomic E-state index is 14.3. The number of fused-ring (bicyclic) bond motifs is 1. The molecule has 2 atom stereocenters. The van der Waals surface area contributed by atoms with Crippen molar-refractivity contribution in [3.8, 4) is 5.75 Å². The maximum absolute atomic E-state index is 14.3. The number of thioether (sulfide) groups is 1. The SMILES string of the molecule is CCCCC1(CCCC)CN(c2ccccc2)c2cc(SC)c(OCCC(=O)N[C@@H](C(=O)N[C@@H](CC)C(=O)O)c3ccccc3)cc2S(=O)(=O)N1. The van der Waals surface area contributed by atoms with E-state index in [9.17, 15) is 27.9 Å². The van der Waals surface area contributed by atoms with Gasteiger partial charge in [0.15, 0.2) is 0 Å². The molecule has 0 bridgehead atoms. The third-order valence-corrected chi connectivity index (χ3v) is 11.4. The molecule has 51 heavy (non-hydrogen) atoms. The van der Waals surface area contributed by atoms with E-state index in [0.29, 0.717) is 41.3 Å². The number of rotatable bonds is 18. The number of carbonyl (C=O) groups is 3. The van der Waals surface area contributed by atoms with Crippen LogP contribution in [0.5, 0.6) is 5.75 Å². The van der Waals surface area contributed by atoms with Crippen LogP contribution in [0, 0.1) is 0 Å². The van der Waals surface area contributed by atoms with E-state index in [2.05, 4.69) is 34.1 Å². The summed E-state index contributed by atoms with van der Waals surface area (Å²) >= 11 is 1.41. The highest BCUT2D eigenvalue weighted by Crippen LogP contribution is 2.44. The second-order valence-corrected chi connectivity index (χ2v) is 15.3. The molecule has 276 valence electrons. The van der Waals surface area contributed by atoms with Gasteiger partial charge in [0.2, 0.25) is 21.8 Å². The first-order valence-electron chi connectivity index (χ1n) is 17.6. The van der Waals surface area contributed by atoms with Gasteiger partial charge in [-0.05, 0) is 49.3 Å². The summed E-state index contributed by atoms with van der Waals surface area (Å²) in [5.74, 6) is -1.98. The fraction of sp³-hybridized carbons (Fsp3) is 0.447. The van der Waals surface area contributed by atoms with Crippen LogP contribution < -0.4 is 25.0 Å². The van der Waals surface area contributed by atoms with Crippen molar-refractivity contribution in [2.75, 3.05) is 24.3 Å². The zero-order valence-corrected chi connectivity index (χ0v) is 31.4. The monoisotopic (exact) mass is 738 g/mol. The van der Waals surface area contributed by atoms with Gasteiger partial charge in [-0.15, -0.1) is 11.8 Å². The third-order valence-electron chi connectivity index (χ3n) is 9.03. The number of carboxylic acid groups (broad SMARTS) is 1. The molecular weight excluding hydrogens is 689 g/mol. The van der Waals surface area contributed by atoms with Crippen LogP contribution in [0.3, 0.4) is 0 Å². The molecule has 0 fully saturated rings. The minimum Gasteiger partial charge on any atom is -0.492 e. The van der Waals surface area contributed by atoms with Crippen LogP contribution in [0.25, 0.3) is 0 Å². The van der Waals surface area contributed by atoms with Gasteiger partial charge in [0.05, 0.1) is 29.1 Å². The Morgan fingerprint density at radius 3 is 2.16 bits per heavy atom. The summed E-state index contributed by atoms with van der Waals surface area (Å²) in [6.45, 7) is 6.23. The van der Waals surface area contributed by atoms with Gasteiger partial charge in [-0.25, -0.2) is 17.9 Å². The van der Waals surface area contributed by atoms with Gasteiger partial charge in [0.1, 0.15) is 22.7 Å². The lowest BCUT2D eigenvalue weighted by Crippen LogP contribution is -2.53. The summed E-state index contributed by atoms with van der Waals surface area (Å²) in [6.07, 6.45) is 6.95. The van der Waals surface area contributed by atoms with Gasteiger partial charge in [0.25, 0.3) is 0 Å². The number of benzene rings is 3. The lowest BCUT2D eigenvalue weighted by Gasteiger charge is -2.37. The maximum Gasteiger partial charge on any atom is 0.326 e. The summed E-state index contributed by atoms with van der Waals surface area (Å²) in [7, 11) is -4.00. The lowest BCUT2D eigenvalue weighted by atomic mass is 9.87. The van der Waals surface area contributed by atoms with Crippen LogP contribution >= 0.6 is 11.8 Å². The zero-order valence-electron chi connectivity index (χ0n) is 29.8. The van der Waals surface area contributed by atoms with E-state index in [1.807, 2.05) is 42.7 Å². The Labute approximate surface area is 306 Å². The van der Waals surface area contributed by atoms with Gasteiger partial charge in [0, 0.05) is 18.3 Å². The van der Waals surface area contributed by atoms with Crippen LogP contribution in [0.4, 0.5) is 11.4 Å². The summed E-state index contributed by atoms with van der Waals surface area (Å²) in [5, 5.41) is 14.7. The van der Waals surface area contributed by atoms with Crippen molar-refractivity contribution in [3.63, 3.8) is 0 Å². The number of para-hydroxylation sites is 1. The zero-order chi connectivity index (χ0) is 37.0. The van der Waals surface area contributed by atoms with E-state index < -0.39 is 45.4 Å². The Hall–Kier alpha value is -4.07. The number of sulfonamides is 1. The average Bonchev–Trinajstić information content (AvgIpc) is 3.22. The number of carbonyl (C=O) groups excluding carboxylic acids is 2. The fourth-order valence-corrected chi connectivity index (χ4v) is 8.47. The second kappa shape index (κ2) is 18.4. The number of amides is 2. The molecule has 0 spiro atoms. The molecule has 0 saturated heterocycles. The molecule has 1 aliphatic heterocycles. The molecule has 0 saturated carbocycles. The number of aliphatic carboxylic acids is 1. The second-order valence-electron chi connectivity index (χ2n) is 12.8. The van der Waals surface area contributed by atoms with Crippen LogP contribution in [0.15, 0.2) is 82.6 Å². The molecule has 0 aliphatic carbocycles. The number of carboxylic acids is 1. The normalized spacial score (nSPS) is 15.9. The molecular formula is C38H50N4O7S2. The number of hydrogen-bond acceptors (Lipinski definition) is 8. The molecule has 13 heteroatoms. The Morgan fingerprint density at radius 2 is 1.59 bits per heavy atom. The Morgan fingerprint density at radius 1 is 0.961 bits per heavy atom. The van der Waals surface area contributed by atoms with Crippen LogP contribution in [-0.2, 0) is 24.4 Å². The standard InChI is InChI=1S/C38H50N4O7S2/c1-5-8-21-38(22-9-6-2)26-42(28-18-14-11-15-19-28)30-24-32(50-4)31(25-33(30)51(47,48)41-38)49-23-20-34(43)40-35(27-16-12-10-13-17-27)36(44)39-29(7-3)37(45)46/h10-19,24-25,29,35,41H,5-9,20-23,26H2,1-4H3,(H,39,44)(H,40,43)(H,45,46)/t29-,35+/m0/s1. The molecule has 1 aliphatic rings. The molecule has 4 rings (SSSR count). The first-order chi connectivity index (χ1) is 24.5. The lowest BCUT2D eigenvalue weighted by molar-refractivity contribution is -0.142. The summed E-state index contributed by atoms with van der Waals surface area (Å²) in [5.41, 5.74) is 1.26. The molecule has 0 radical (unpaired) electrons. The highest BCUT2D eigenvalue weighted by Gasteiger charge is 2.42. The predicted octanol–water partition coefficient (Wildman–Crippen LogP) is 6.56. The number of ether oxygens (including phenoxy) is 1. The fourth-order valence-electron chi connectivity index (χ4n) is 6.27. The van der Waals surface area contributed by atoms with E-state index in [-0.39, 0.29) is 24.3 Å². The van der Waals surface area contributed by atoms with E-state index in [1.165, 1.54) is 11.8 Å². The number of anilines is 2. The minimum absolute atomic E-state index is 0.0964. The summed E-state index contributed by atoms with van der Waals surface area (Å²) in [6, 6.07) is 19.5.